The molecule has 1 aliphatic carbocycles. The number of Topliss-reactive ketones (excluding diaryl/α,β-unsaturated/α-hetero) is 1. The van der Waals surface area contributed by atoms with Crippen LogP contribution in [0.4, 0.5) is 5.82 Å². The molecule has 0 N–H and O–H groups in total. The summed E-state index contributed by atoms with van der Waals surface area (Å²) in [5.41, 5.74) is 0. The zero-order chi connectivity index (χ0) is 13.1. The predicted molar refractivity (Wildman–Crippen MR) is 65.5 cm³/mol. The van der Waals surface area contributed by atoms with E-state index in [1.54, 1.807) is 0 Å². The molecule has 0 spiro atoms. The van der Waals surface area contributed by atoms with E-state index in [2.05, 4.69) is 5.10 Å². The molecule has 0 saturated heterocycles. The molecule has 0 unspecified atom stereocenters. The monoisotopic (exact) mass is 271 g/mol. The molecule has 1 aliphatic rings. The molecule has 1 aromatic rings. The Hall–Kier alpha value is -1.43. The standard InChI is InChI=1S/C11H14ClN3O3/c12-9-6-14(13-11(9)15(17)18)7-10(16)8-4-2-1-3-5-8/h6,8H,1-5,7H2. The summed E-state index contributed by atoms with van der Waals surface area (Å²) in [4.78, 5) is 21.9. The van der Waals surface area contributed by atoms with Crippen LogP contribution in [-0.4, -0.2) is 20.5 Å². The Morgan fingerprint density at radius 2 is 2.17 bits per heavy atom. The van der Waals surface area contributed by atoms with Crippen LogP contribution >= 0.6 is 11.6 Å². The van der Waals surface area contributed by atoms with Crippen LogP contribution in [0.5, 0.6) is 0 Å². The lowest BCUT2D eigenvalue weighted by atomic mass is 9.86. The van der Waals surface area contributed by atoms with Crippen molar-refractivity contribution in [2.75, 3.05) is 0 Å². The molecule has 98 valence electrons. The second-order valence-electron chi connectivity index (χ2n) is 4.56. The fourth-order valence-electron chi connectivity index (χ4n) is 2.30. The van der Waals surface area contributed by atoms with Gasteiger partial charge in [0, 0.05) is 5.92 Å². The number of rotatable bonds is 4. The lowest BCUT2D eigenvalue weighted by molar-refractivity contribution is -0.389. The van der Waals surface area contributed by atoms with Gasteiger partial charge in [-0.05, 0) is 17.8 Å². The lowest BCUT2D eigenvalue weighted by Gasteiger charge is -2.19. The molecule has 2 rings (SSSR count). The van der Waals surface area contributed by atoms with Crippen LogP contribution in [0.2, 0.25) is 5.02 Å². The van der Waals surface area contributed by atoms with Gasteiger partial charge in [0.25, 0.3) is 0 Å². The van der Waals surface area contributed by atoms with Gasteiger partial charge in [0.2, 0.25) is 0 Å². The number of hydrogen-bond acceptors (Lipinski definition) is 4. The van der Waals surface area contributed by atoms with Crippen molar-refractivity contribution in [2.45, 2.75) is 38.6 Å². The second kappa shape index (κ2) is 5.48. The second-order valence-corrected chi connectivity index (χ2v) is 4.96. The number of carbonyl (C=O) groups excluding carboxylic acids is 1. The molecule has 0 amide bonds. The van der Waals surface area contributed by atoms with Crippen LogP contribution in [0.15, 0.2) is 6.20 Å². The van der Waals surface area contributed by atoms with Crippen molar-refractivity contribution in [1.82, 2.24) is 9.78 Å². The maximum Gasteiger partial charge on any atom is 0.408 e. The Kier molecular flexibility index (Phi) is 3.96. The molecular formula is C11H14ClN3O3. The van der Waals surface area contributed by atoms with Crippen molar-refractivity contribution in [1.29, 1.82) is 0 Å². The Labute approximate surface area is 109 Å². The van der Waals surface area contributed by atoms with Crippen LogP contribution in [0, 0.1) is 16.0 Å². The minimum absolute atomic E-state index is 0.0311. The molecule has 0 aliphatic heterocycles. The van der Waals surface area contributed by atoms with Gasteiger partial charge in [-0.1, -0.05) is 30.9 Å². The van der Waals surface area contributed by atoms with Gasteiger partial charge in [0.1, 0.15) is 6.54 Å². The number of ketones is 1. The summed E-state index contributed by atoms with van der Waals surface area (Å²) in [7, 11) is 0. The first-order chi connectivity index (χ1) is 8.58. The summed E-state index contributed by atoms with van der Waals surface area (Å²) in [5.74, 6) is -0.238. The van der Waals surface area contributed by atoms with Crippen molar-refractivity contribution in [3.63, 3.8) is 0 Å². The van der Waals surface area contributed by atoms with E-state index in [1.807, 2.05) is 0 Å². The fraction of sp³-hybridized carbons (Fsp3) is 0.636. The summed E-state index contributed by atoms with van der Waals surface area (Å²) >= 11 is 5.67. The molecule has 1 saturated carbocycles. The smallest absolute Gasteiger partial charge is 0.358 e. The van der Waals surface area contributed by atoms with Crippen molar-refractivity contribution in [2.24, 2.45) is 5.92 Å². The Bertz CT molecular complexity index is 466. The van der Waals surface area contributed by atoms with Crippen molar-refractivity contribution in [3.8, 4) is 0 Å². The van der Waals surface area contributed by atoms with Crippen molar-refractivity contribution in [3.05, 3.63) is 21.3 Å². The number of halogens is 1. The van der Waals surface area contributed by atoms with Gasteiger partial charge in [0.05, 0.1) is 11.3 Å². The number of hydrogen-bond donors (Lipinski definition) is 0. The van der Waals surface area contributed by atoms with Crippen molar-refractivity contribution < 1.29 is 9.72 Å². The minimum atomic E-state index is -0.649. The molecule has 7 heteroatoms. The minimum Gasteiger partial charge on any atom is -0.358 e. The average molecular weight is 272 g/mol. The SMILES string of the molecule is O=C(Cn1cc(Cl)c([N+](=O)[O-])n1)C1CCCCC1. The van der Waals surface area contributed by atoms with E-state index in [1.165, 1.54) is 17.3 Å². The van der Waals surface area contributed by atoms with E-state index >= 15 is 0 Å². The topological polar surface area (TPSA) is 78.0 Å². The quantitative estimate of drug-likeness (QED) is 0.623. The molecule has 18 heavy (non-hydrogen) atoms. The summed E-state index contributed by atoms with van der Waals surface area (Å²) < 4.78 is 1.26. The first-order valence-electron chi connectivity index (χ1n) is 5.98. The fourth-order valence-corrected chi connectivity index (χ4v) is 2.52. The molecular weight excluding hydrogens is 258 g/mol. The molecule has 1 fully saturated rings. The molecule has 0 radical (unpaired) electrons. The molecule has 6 nitrogen and oxygen atoms in total. The average Bonchev–Trinajstić information content (AvgIpc) is 2.71. The maximum absolute atomic E-state index is 12.0. The van der Waals surface area contributed by atoms with Crippen LogP contribution in [-0.2, 0) is 11.3 Å². The molecule has 0 atom stereocenters. The summed E-state index contributed by atoms with van der Waals surface area (Å²) in [6.45, 7) is 0.0677. The van der Waals surface area contributed by atoms with E-state index in [0.717, 1.165) is 25.7 Å². The Morgan fingerprint density at radius 3 is 2.72 bits per heavy atom. The first kappa shape index (κ1) is 13.0. The number of nitro groups is 1. The maximum atomic E-state index is 12.0. The van der Waals surface area contributed by atoms with Gasteiger partial charge in [-0.3, -0.25) is 4.79 Å². The molecule has 1 heterocycles. The number of carbonyl (C=O) groups is 1. The Morgan fingerprint density at radius 1 is 1.50 bits per heavy atom. The van der Waals surface area contributed by atoms with Gasteiger partial charge in [0.15, 0.2) is 10.8 Å². The molecule has 1 aromatic heterocycles. The van der Waals surface area contributed by atoms with E-state index in [-0.39, 0.29) is 23.3 Å². The van der Waals surface area contributed by atoms with Crippen LogP contribution < -0.4 is 0 Å². The first-order valence-corrected chi connectivity index (χ1v) is 6.36. The molecule has 0 bridgehead atoms. The van der Waals surface area contributed by atoms with Gasteiger partial charge < -0.3 is 10.1 Å². The van der Waals surface area contributed by atoms with Gasteiger partial charge in [-0.2, -0.15) is 4.68 Å². The summed E-state index contributed by atoms with van der Waals surface area (Å²) in [6, 6.07) is 0. The summed E-state index contributed by atoms with van der Waals surface area (Å²) in [5, 5.41) is 14.3. The van der Waals surface area contributed by atoms with E-state index in [9.17, 15) is 14.9 Å². The molecule has 0 aromatic carbocycles. The zero-order valence-corrected chi connectivity index (χ0v) is 10.6. The zero-order valence-electron chi connectivity index (χ0n) is 9.84. The normalized spacial score (nSPS) is 16.7. The van der Waals surface area contributed by atoms with E-state index in [0.29, 0.717) is 0 Å². The van der Waals surface area contributed by atoms with Crippen LogP contribution in [0.25, 0.3) is 0 Å². The largest absolute Gasteiger partial charge is 0.408 e. The summed E-state index contributed by atoms with van der Waals surface area (Å²) in [6.07, 6.45) is 6.50. The van der Waals surface area contributed by atoms with Crippen LogP contribution in [0.3, 0.4) is 0 Å². The number of aromatic nitrogens is 2. The highest BCUT2D eigenvalue weighted by Crippen LogP contribution is 2.26. The van der Waals surface area contributed by atoms with Gasteiger partial charge >= 0.3 is 5.82 Å². The third kappa shape index (κ3) is 2.87. The van der Waals surface area contributed by atoms with Gasteiger partial charge in [-0.15, -0.1) is 0 Å². The predicted octanol–water partition coefficient (Wildman–Crippen LogP) is 2.59. The Balaban J connectivity index is 2.02. The highest BCUT2D eigenvalue weighted by Gasteiger charge is 2.25. The third-order valence-corrected chi connectivity index (χ3v) is 3.52. The van der Waals surface area contributed by atoms with E-state index < -0.39 is 10.7 Å². The highest BCUT2D eigenvalue weighted by molar-refractivity contribution is 6.32. The lowest BCUT2D eigenvalue weighted by Crippen LogP contribution is -2.22. The van der Waals surface area contributed by atoms with Crippen LogP contribution in [0.1, 0.15) is 32.1 Å². The van der Waals surface area contributed by atoms with Gasteiger partial charge in [-0.25, -0.2) is 0 Å². The van der Waals surface area contributed by atoms with Crippen molar-refractivity contribution >= 4 is 23.2 Å². The number of nitrogens with zero attached hydrogens (tertiary/aromatic N) is 3. The highest BCUT2D eigenvalue weighted by atomic mass is 35.5. The third-order valence-electron chi connectivity index (χ3n) is 3.25. The van der Waals surface area contributed by atoms with E-state index in [4.69, 9.17) is 11.6 Å².